The van der Waals surface area contributed by atoms with E-state index in [9.17, 15) is 13.2 Å². The SMILES string of the molecule is Cc1ccc(S(=O)(=O)Nc2ccccc2C(C)C(=O)O)cc1. The normalized spacial score (nSPS) is 12.6. The number of sulfonamides is 1. The Hall–Kier alpha value is -2.34. The van der Waals surface area contributed by atoms with Crippen molar-refractivity contribution in [2.45, 2.75) is 24.7 Å². The van der Waals surface area contributed by atoms with Crippen LogP contribution in [0.5, 0.6) is 0 Å². The number of nitrogens with one attached hydrogen (secondary N) is 1. The summed E-state index contributed by atoms with van der Waals surface area (Å²) < 4.78 is 27.3. The molecule has 0 aliphatic carbocycles. The second-order valence-corrected chi connectivity index (χ2v) is 6.75. The Morgan fingerprint density at radius 1 is 1.09 bits per heavy atom. The van der Waals surface area contributed by atoms with Gasteiger partial charge in [-0.3, -0.25) is 9.52 Å². The minimum atomic E-state index is -3.75. The van der Waals surface area contributed by atoms with Crippen molar-refractivity contribution in [3.05, 3.63) is 59.7 Å². The lowest BCUT2D eigenvalue weighted by Gasteiger charge is -2.15. The van der Waals surface area contributed by atoms with Crippen LogP contribution in [0.1, 0.15) is 24.0 Å². The second-order valence-electron chi connectivity index (χ2n) is 5.07. The third-order valence-electron chi connectivity index (χ3n) is 3.37. The first kappa shape index (κ1) is 16.0. The number of carboxylic acid groups (broad SMARTS) is 1. The van der Waals surface area contributed by atoms with Crippen LogP contribution in [-0.4, -0.2) is 19.5 Å². The molecule has 2 N–H and O–H groups in total. The summed E-state index contributed by atoms with van der Waals surface area (Å²) in [7, 11) is -3.75. The molecule has 0 saturated carbocycles. The molecule has 0 spiro atoms. The summed E-state index contributed by atoms with van der Waals surface area (Å²) in [5, 5.41) is 9.13. The van der Waals surface area contributed by atoms with Gasteiger partial charge in [-0.15, -0.1) is 0 Å². The van der Waals surface area contributed by atoms with Crippen LogP contribution in [0.15, 0.2) is 53.4 Å². The molecular weight excluding hydrogens is 302 g/mol. The maximum absolute atomic E-state index is 12.4. The molecular formula is C16H17NO4S. The van der Waals surface area contributed by atoms with Crippen LogP contribution in [-0.2, 0) is 14.8 Å². The molecule has 0 saturated heterocycles. The number of aliphatic carboxylic acids is 1. The Balaban J connectivity index is 2.38. The van der Waals surface area contributed by atoms with Crippen molar-refractivity contribution in [3.8, 4) is 0 Å². The predicted molar refractivity (Wildman–Crippen MR) is 84.5 cm³/mol. The van der Waals surface area contributed by atoms with Gasteiger partial charge in [-0.1, -0.05) is 35.9 Å². The Labute approximate surface area is 129 Å². The van der Waals surface area contributed by atoms with E-state index in [1.54, 1.807) is 36.4 Å². The van der Waals surface area contributed by atoms with Gasteiger partial charge in [-0.05, 0) is 37.6 Å². The van der Waals surface area contributed by atoms with Crippen molar-refractivity contribution in [3.63, 3.8) is 0 Å². The number of rotatable bonds is 5. The standard InChI is InChI=1S/C16H17NO4S/c1-11-7-9-13(10-8-11)22(20,21)17-15-6-4-3-5-14(15)12(2)16(18)19/h3-10,12,17H,1-2H3,(H,18,19). The Morgan fingerprint density at radius 2 is 1.68 bits per heavy atom. The minimum Gasteiger partial charge on any atom is -0.481 e. The molecule has 5 nitrogen and oxygen atoms in total. The van der Waals surface area contributed by atoms with Crippen molar-refractivity contribution in [2.24, 2.45) is 0 Å². The fourth-order valence-electron chi connectivity index (χ4n) is 2.02. The highest BCUT2D eigenvalue weighted by Gasteiger charge is 2.21. The lowest BCUT2D eigenvalue weighted by atomic mass is 10.00. The summed E-state index contributed by atoms with van der Waals surface area (Å²) in [4.78, 5) is 11.3. The third kappa shape index (κ3) is 3.46. The molecule has 22 heavy (non-hydrogen) atoms. The number of benzene rings is 2. The first-order valence-corrected chi connectivity index (χ1v) is 8.21. The number of aryl methyl sites for hydroxylation is 1. The van der Waals surface area contributed by atoms with Gasteiger partial charge in [0.15, 0.2) is 0 Å². The quantitative estimate of drug-likeness (QED) is 0.887. The lowest BCUT2D eigenvalue weighted by molar-refractivity contribution is -0.138. The molecule has 0 aliphatic rings. The van der Waals surface area contributed by atoms with Crippen molar-refractivity contribution in [1.29, 1.82) is 0 Å². The van der Waals surface area contributed by atoms with Gasteiger partial charge in [0.25, 0.3) is 10.0 Å². The van der Waals surface area contributed by atoms with Crippen molar-refractivity contribution in [1.82, 2.24) is 0 Å². The van der Waals surface area contributed by atoms with Gasteiger partial charge in [-0.2, -0.15) is 0 Å². The average Bonchev–Trinajstić information content (AvgIpc) is 2.47. The van der Waals surface area contributed by atoms with Crippen LogP contribution in [0, 0.1) is 6.92 Å². The van der Waals surface area contributed by atoms with Crippen LogP contribution in [0.25, 0.3) is 0 Å². The van der Waals surface area contributed by atoms with Crippen molar-refractivity contribution >= 4 is 21.7 Å². The summed E-state index contributed by atoms with van der Waals surface area (Å²) in [6.45, 7) is 3.38. The molecule has 2 rings (SSSR count). The van der Waals surface area contributed by atoms with Gasteiger partial charge in [-0.25, -0.2) is 8.42 Å². The molecule has 0 aliphatic heterocycles. The maximum atomic E-state index is 12.4. The highest BCUT2D eigenvalue weighted by atomic mass is 32.2. The monoisotopic (exact) mass is 319 g/mol. The summed E-state index contributed by atoms with van der Waals surface area (Å²) in [6, 6.07) is 12.9. The number of para-hydroxylation sites is 1. The van der Waals surface area contributed by atoms with Gasteiger partial charge < -0.3 is 5.11 Å². The van der Waals surface area contributed by atoms with Crippen molar-refractivity contribution < 1.29 is 18.3 Å². The Morgan fingerprint density at radius 3 is 2.27 bits per heavy atom. The Kier molecular flexibility index (Phi) is 4.51. The summed E-state index contributed by atoms with van der Waals surface area (Å²) in [5.41, 5.74) is 1.66. The zero-order valence-corrected chi connectivity index (χ0v) is 13.1. The van der Waals surface area contributed by atoms with Crippen molar-refractivity contribution in [2.75, 3.05) is 4.72 Å². The van der Waals surface area contributed by atoms with Crippen LogP contribution in [0.2, 0.25) is 0 Å². The number of hydrogen-bond donors (Lipinski definition) is 2. The fourth-order valence-corrected chi connectivity index (χ4v) is 3.11. The topological polar surface area (TPSA) is 83.5 Å². The van der Waals surface area contributed by atoms with E-state index in [-0.39, 0.29) is 10.6 Å². The molecule has 0 aromatic heterocycles. The van der Waals surface area contributed by atoms with E-state index in [4.69, 9.17) is 5.11 Å². The van der Waals surface area contributed by atoms with Gasteiger partial charge in [0.2, 0.25) is 0 Å². The lowest BCUT2D eigenvalue weighted by Crippen LogP contribution is -2.16. The predicted octanol–water partition coefficient (Wildman–Crippen LogP) is 2.98. The highest BCUT2D eigenvalue weighted by molar-refractivity contribution is 7.92. The number of anilines is 1. The zero-order valence-electron chi connectivity index (χ0n) is 12.3. The van der Waals surface area contributed by atoms with Gasteiger partial charge in [0.1, 0.15) is 0 Å². The molecule has 116 valence electrons. The van der Waals surface area contributed by atoms with Gasteiger partial charge >= 0.3 is 5.97 Å². The van der Waals surface area contributed by atoms with E-state index in [1.165, 1.54) is 19.1 Å². The molecule has 1 unspecified atom stereocenters. The first-order valence-electron chi connectivity index (χ1n) is 6.72. The average molecular weight is 319 g/mol. The molecule has 0 radical (unpaired) electrons. The second kappa shape index (κ2) is 6.19. The molecule has 0 fully saturated rings. The summed E-state index contributed by atoms with van der Waals surface area (Å²) in [6.07, 6.45) is 0. The molecule has 0 bridgehead atoms. The van der Waals surface area contributed by atoms with E-state index in [0.29, 0.717) is 5.56 Å². The van der Waals surface area contributed by atoms with E-state index < -0.39 is 21.9 Å². The largest absolute Gasteiger partial charge is 0.481 e. The maximum Gasteiger partial charge on any atom is 0.310 e. The van der Waals surface area contributed by atoms with Crippen LogP contribution < -0.4 is 4.72 Å². The molecule has 2 aromatic carbocycles. The van der Waals surface area contributed by atoms with E-state index >= 15 is 0 Å². The summed E-state index contributed by atoms with van der Waals surface area (Å²) >= 11 is 0. The zero-order chi connectivity index (χ0) is 16.3. The van der Waals surface area contributed by atoms with Gasteiger partial charge in [0, 0.05) is 0 Å². The van der Waals surface area contributed by atoms with E-state index in [1.807, 2.05) is 6.92 Å². The molecule has 0 amide bonds. The van der Waals surface area contributed by atoms with Gasteiger partial charge in [0.05, 0.1) is 16.5 Å². The summed E-state index contributed by atoms with van der Waals surface area (Å²) in [5.74, 6) is -1.82. The van der Waals surface area contributed by atoms with Crippen LogP contribution >= 0.6 is 0 Å². The van der Waals surface area contributed by atoms with Crippen LogP contribution in [0.3, 0.4) is 0 Å². The first-order chi connectivity index (χ1) is 10.3. The highest BCUT2D eigenvalue weighted by Crippen LogP contribution is 2.26. The van der Waals surface area contributed by atoms with E-state index in [2.05, 4.69) is 4.72 Å². The molecule has 2 aromatic rings. The molecule has 6 heteroatoms. The number of hydrogen-bond acceptors (Lipinski definition) is 3. The molecule has 1 atom stereocenters. The van der Waals surface area contributed by atoms with Crippen LogP contribution in [0.4, 0.5) is 5.69 Å². The Bertz CT molecular complexity index is 782. The third-order valence-corrected chi connectivity index (χ3v) is 4.75. The smallest absolute Gasteiger partial charge is 0.310 e. The fraction of sp³-hybridized carbons (Fsp3) is 0.188. The molecule has 0 heterocycles. The number of carbonyl (C=O) groups is 1. The minimum absolute atomic E-state index is 0.135. The van der Waals surface area contributed by atoms with E-state index in [0.717, 1.165) is 5.56 Å². The number of carboxylic acids is 1.